The fraction of sp³-hybridized carbons (Fsp3) is 0.389. The highest BCUT2D eigenvalue weighted by atomic mass is 79.9. The number of carbonyl (C=O) groups excluding carboxylic acids is 3. The minimum absolute atomic E-state index is 0.0183. The predicted octanol–water partition coefficient (Wildman–Crippen LogP) is 0.243. The molecule has 1 aromatic rings. The summed E-state index contributed by atoms with van der Waals surface area (Å²) in [4.78, 5) is 57.8. The Bertz CT molecular complexity index is 788. The van der Waals surface area contributed by atoms with Crippen LogP contribution >= 0.6 is 27.7 Å². The Morgan fingerprint density at radius 3 is 2.30 bits per heavy atom. The lowest BCUT2D eigenvalue weighted by atomic mass is 10.1. The summed E-state index contributed by atoms with van der Waals surface area (Å²) in [6, 6.07) is 4.44. The molecule has 6 N–H and O–H groups in total. The van der Waals surface area contributed by atoms with Gasteiger partial charge in [0.25, 0.3) is 0 Å². The molecule has 0 aliphatic heterocycles. The van der Waals surface area contributed by atoms with Crippen LogP contribution in [0, 0.1) is 0 Å². The summed E-state index contributed by atoms with van der Waals surface area (Å²) < 4.78 is 0.826. The van der Waals surface area contributed by atoms with Crippen molar-refractivity contribution < 1.29 is 34.2 Å². The number of carbonyl (C=O) groups is 5. The largest absolute Gasteiger partial charge is 0.480 e. The predicted molar refractivity (Wildman–Crippen MR) is 113 cm³/mol. The number of aliphatic carboxylic acids is 2. The average molecular weight is 504 g/mol. The molecule has 1 aromatic carbocycles. The van der Waals surface area contributed by atoms with E-state index >= 15 is 0 Å². The zero-order valence-electron chi connectivity index (χ0n) is 15.8. The van der Waals surface area contributed by atoms with Gasteiger partial charge < -0.3 is 26.6 Å². The third-order valence-electron chi connectivity index (χ3n) is 3.75. The van der Waals surface area contributed by atoms with Crippen molar-refractivity contribution in [3.05, 3.63) is 34.3 Å². The van der Waals surface area contributed by atoms with Crippen LogP contribution in [0.3, 0.4) is 0 Å². The van der Waals surface area contributed by atoms with E-state index in [1.807, 2.05) is 0 Å². The second-order valence-corrected chi connectivity index (χ2v) is 8.11. The molecule has 0 unspecified atom stereocenters. The van der Waals surface area contributed by atoms with E-state index in [1.165, 1.54) is 0 Å². The summed E-state index contributed by atoms with van der Waals surface area (Å²) in [5.74, 6) is -3.94. The third kappa shape index (κ3) is 9.85. The smallest absolute Gasteiger partial charge is 0.322 e. The van der Waals surface area contributed by atoms with E-state index < -0.39 is 42.4 Å². The maximum Gasteiger partial charge on any atom is 0.322 e. The van der Waals surface area contributed by atoms with Gasteiger partial charge in [-0.05, 0) is 18.6 Å². The van der Waals surface area contributed by atoms with Gasteiger partial charge in [-0.3, -0.25) is 24.0 Å². The van der Waals surface area contributed by atoms with Crippen LogP contribution in [0.1, 0.15) is 23.2 Å². The lowest BCUT2D eigenvalue weighted by Crippen LogP contribution is -2.49. The summed E-state index contributed by atoms with van der Waals surface area (Å²) in [5, 5.41) is 22.0. The van der Waals surface area contributed by atoms with Gasteiger partial charge in [0.1, 0.15) is 18.6 Å². The topological polar surface area (TPSA) is 176 Å². The molecule has 12 heteroatoms. The zero-order chi connectivity index (χ0) is 22.7. The van der Waals surface area contributed by atoms with Gasteiger partial charge in [-0.25, -0.2) is 0 Å². The van der Waals surface area contributed by atoms with Crippen LogP contribution in [0.15, 0.2) is 28.7 Å². The Morgan fingerprint density at radius 1 is 1.10 bits per heavy atom. The number of carboxylic acid groups (broad SMARTS) is 2. The lowest BCUT2D eigenvalue weighted by Gasteiger charge is -2.18. The van der Waals surface area contributed by atoms with Gasteiger partial charge in [0.2, 0.25) is 11.8 Å². The molecule has 1 rings (SSSR count). The van der Waals surface area contributed by atoms with Crippen LogP contribution in [-0.4, -0.2) is 69.9 Å². The Hall–Kier alpha value is -2.44. The minimum atomic E-state index is -1.25. The summed E-state index contributed by atoms with van der Waals surface area (Å²) in [6.07, 6.45) is -0.349. The summed E-state index contributed by atoms with van der Waals surface area (Å²) in [6.45, 7) is -0.627. The maximum absolute atomic E-state index is 12.2. The molecule has 0 radical (unpaired) electrons. The molecule has 30 heavy (non-hydrogen) atoms. The molecule has 0 aliphatic carbocycles. The molecule has 0 spiro atoms. The van der Waals surface area contributed by atoms with Crippen molar-refractivity contribution in [2.24, 2.45) is 5.73 Å². The molecule has 0 saturated heterocycles. The van der Waals surface area contributed by atoms with Crippen molar-refractivity contribution in [2.45, 2.75) is 24.9 Å². The molecule has 0 saturated carbocycles. The normalized spacial score (nSPS) is 12.5. The number of Topliss-reactive ketones (excluding diaryl/α,β-unsaturated/α-hetero) is 1. The number of rotatable bonds is 13. The number of nitrogens with one attached hydrogen (secondary N) is 2. The van der Waals surface area contributed by atoms with Gasteiger partial charge in [0.05, 0.1) is 5.75 Å². The van der Waals surface area contributed by atoms with Crippen molar-refractivity contribution in [3.8, 4) is 0 Å². The summed E-state index contributed by atoms with van der Waals surface area (Å²) >= 11 is 4.38. The van der Waals surface area contributed by atoms with Gasteiger partial charge in [0.15, 0.2) is 5.78 Å². The molecule has 0 heterocycles. The van der Waals surface area contributed by atoms with Crippen LogP contribution in [-0.2, 0) is 19.2 Å². The Balaban J connectivity index is 2.63. The van der Waals surface area contributed by atoms with Gasteiger partial charge in [-0.2, -0.15) is 11.8 Å². The van der Waals surface area contributed by atoms with Crippen LogP contribution < -0.4 is 16.4 Å². The average Bonchev–Trinajstić information content (AvgIpc) is 2.69. The maximum atomic E-state index is 12.2. The van der Waals surface area contributed by atoms with Crippen LogP contribution in [0.5, 0.6) is 0 Å². The van der Waals surface area contributed by atoms with Crippen molar-refractivity contribution in [2.75, 3.05) is 18.1 Å². The zero-order valence-corrected chi connectivity index (χ0v) is 18.2. The first-order valence-corrected chi connectivity index (χ1v) is 10.7. The van der Waals surface area contributed by atoms with E-state index in [0.717, 1.165) is 16.2 Å². The number of hydrogen-bond acceptors (Lipinski definition) is 7. The highest BCUT2D eigenvalue weighted by Gasteiger charge is 2.23. The van der Waals surface area contributed by atoms with E-state index in [9.17, 15) is 24.0 Å². The number of amides is 2. The molecular formula is C18H22BrN3O7S. The molecule has 0 bridgehead atoms. The molecule has 164 valence electrons. The Labute approximate surface area is 185 Å². The fourth-order valence-electron chi connectivity index (χ4n) is 2.13. The molecule has 0 fully saturated rings. The number of nitrogens with two attached hydrogens (primary N) is 1. The summed E-state index contributed by atoms with van der Waals surface area (Å²) in [5.41, 5.74) is 5.84. The number of hydrogen-bond donors (Lipinski definition) is 5. The molecular weight excluding hydrogens is 482 g/mol. The number of benzene rings is 1. The van der Waals surface area contributed by atoms with Crippen molar-refractivity contribution >= 4 is 57.2 Å². The van der Waals surface area contributed by atoms with E-state index in [1.54, 1.807) is 24.3 Å². The van der Waals surface area contributed by atoms with Crippen LogP contribution in [0.2, 0.25) is 0 Å². The molecule has 0 aromatic heterocycles. The highest BCUT2D eigenvalue weighted by Crippen LogP contribution is 2.13. The number of carboxylic acids is 2. The SMILES string of the molecule is N[C@@H](CCC(=O)N[C@H](CSCC(=O)c1ccc(Br)cc1)C(=O)NCC(=O)O)C(=O)O. The fourth-order valence-corrected chi connectivity index (χ4v) is 3.34. The van der Waals surface area contributed by atoms with Crippen molar-refractivity contribution in [1.82, 2.24) is 10.6 Å². The van der Waals surface area contributed by atoms with Crippen molar-refractivity contribution in [3.63, 3.8) is 0 Å². The monoisotopic (exact) mass is 503 g/mol. The standard InChI is InChI=1S/C18H22BrN3O7S/c19-11-3-1-10(2-4-11)14(23)9-30-8-13(17(27)21-7-16(25)26)22-15(24)6-5-12(20)18(28)29/h1-4,12-13H,5-9,20H2,(H,21,27)(H,22,24)(H,25,26)(H,28,29)/t12-,13+/m0/s1. The second-order valence-electron chi connectivity index (χ2n) is 6.16. The van der Waals surface area contributed by atoms with Gasteiger partial charge in [0, 0.05) is 22.2 Å². The van der Waals surface area contributed by atoms with E-state index in [0.29, 0.717) is 5.56 Å². The number of thioether (sulfide) groups is 1. The third-order valence-corrected chi connectivity index (χ3v) is 5.31. The molecule has 0 aliphatic rings. The van der Waals surface area contributed by atoms with Crippen LogP contribution in [0.25, 0.3) is 0 Å². The number of halogens is 1. The van der Waals surface area contributed by atoms with E-state index in [-0.39, 0.29) is 30.1 Å². The molecule has 10 nitrogen and oxygen atoms in total. The van der Waals surface area contributed by atoms with E-state index in [4.69, 9.17) is 15.9 Å². The van der Waals surface area contributed by atoms with Gasteiger partial charge in [-0.1, -0.05) is 28.1 Å². The first-order valence-electron chi connectivity index (χ1n) is 8.74. The summed E-state index contributed by atoms with van der Waals surface area (Å²) in [7, 11) is 0. The Morgan fingerprint density at radius 2 is 1.73 bits per heavy atom. The van der Waals surface area contributed by atoms with E-state index in [2.05, 4.69) is 26.6 Å². The Kier molecular flexibility index (Phi) is 11.1. The first-order chi connectivity index (χ1) is 14.1. The van der Waals surface area contributed by atoms with Crippen LogP contribution in [0.4, 0.5) is 0 Å². The highest BCUT2D eigenvalue weighted by molar-refractivity contribution is 9.10. The first kappa shape index (κ1) is 25.6. The molecule has 2 amide bonds. The second kappa shape index (κ2) is 13.0. The lowest BCUT2D eigenvalue weighted by molar-refractivity contribution is -0.139. The minimum Gasteiger partial charge on any atom is -0.480 e. The quantitative estimate of drug-likeness (QED) is 0.236. The van der Waals surface area contributed by atoms with Gasteiger partial charge >= 0.3 is 11.9 Å². The molecule has 2 atom stereocenters. The number of ketones is 1. The van der Waals surface area contributed by atoms with Gasteiger partial charge in [-0.15, -0.1) is 0 Å². The van der Waals surface area contributed by atoms with Crippen molar-refractivity contribution in [1.29, 1.82) is 0 Å².